The molecule has 8 nitrogen and oxygen atoms in total. The Morgan fingerprint density at radius 1 is 1.15 bits per heavy atom. The minimum Gasteiger partial charge on any atom is -0.871 e. The van der Waals surface area contributed by atoms with Crippen LogP contribution in [0.4, 0.5) is 0 Å². The number of carbonyl (C=O) groups excluding carboxylic acids is 2. The summed E-state index contributed by atoms with van der Waals surface area (Å²) in [6.45, 7) is 4.61. The maximum Gasteiger partial charge on any atom is 0.295 e. The highest BCUT2D eigenvalue weighted by Crippen LogP contribution is 2.42. The number of pyridine rings is 1. The first-order valence-corrected chi connectivity index (χ1v) is 10.9. The van der Waals surface area contributed by atoms with Crippen LogP contribution in [0.15, 0.2) is 48.2 Å². The van der Waals surface area contributed by atoms with Gasteiger partial charge in [0.05, 0.1) is 51.7 Å². The molecule has 1 atom stereocenters. The topological polar surface area (TPSA) is 91.4 Å². The molecule has 3 heterocycles. The fraction of sp³-hybridized carbons (Fsp3) is 0.320. The van der Waals surface area contributed by atoms with Crippen molar-refractivity contribution in [3.05, 3.63) is 70.7 Å². The third kappa shape index (κ3) is 3.76. The van der Waals surface area contributed by atoms with Gasteiger partial charge in [0.25, 0.3) is 5.91 Å². The number of hydrogen-bond donors (Lipinski definition) is 1. The molecule has 1 unspecified atom stereocenters. The summed E-state index contributed by atoms with van der Waals surface area (Å²) in [4.78, 5) is 33.6. The van der Waals surface area contributed by atoms with Crippen LogP contribution in [-0.2, 0) is 9.59 Å². The maximum absolute atomic E-state index is 13.9. The second-order valence-electron chi connectivity index (χ2n) is 8.60. The van der Waals surface area contributed by atoms with Gasteiger partial charge in [0.15, 0.2) is 0 Å². The number of likely N-dealkylation sites (N-methyl/N-ethyl adjacent to an activating group) is 1. The normalized spacial score (nSPS) is 18.0. The Hall–Kier alpha value is -3.65. The van der Waals surface area contributed by atoms with Crippen molar-refractivity contribution >= 4 is 23.1 Å². The monoisotopic (exact) mass is 448 g/mol. The van der Waals surface area contributed by atoms with E-state index < -0.39 is 23.5 Å². The van der Waals surface area contributed by atoms with E-state index in [1.807, 2.05) is 45.3 Å². The lowest BCUT2D eigenvalue weighted by Gasteiger charge is -2.28. The summed E-state index contributed by atoms with van der Waals surface area (Å²) in [5.74, 6) is -1.41. The van der Waals surface area contributed by atoms with E-state index in [4.69, 9.17) is 4.74 Å². The molecule has 1 amide bonds. The standard InChI is InChI=1S/C25H28N4O4/c1-15-9-8-12-28-20(16(2)26-24(15)28)22(30)19-21(17-10-6-7-11-18(17)33-5)29(14-13-27(3)4)25(32)23(19)31/h6-12,21,30H,13-14H2,1-5H3. The predicted molar refractivity (Wildman–Crippen MR) is 122 cm³/mol. The lowest BCUT2D eigenvalue weighted by Crippen LogP contribution is -3.06. The highest BCUT2D eigenvalue weighted by molar-refractivity contribution is 6.46. The number of benzene rings is 1. The number of rotatable bonds is 6. The van der Waals surface area contributed by atoms with E-state index >= 15 is 0 Å². The number of fused-ring (bicyclic) bond motifs is 1. The van der Waals surface area contributed by atoms with Crippen molar-refractivity contribution in [2.75, 3.05) is 34.3 Å². The summed E-state index contributed by atoms with van der Waals surface area (Å²) >= 11 is 0. The minimum absolute atomic E-state index is 0.0651. The van der Waals surface area contributed by atoms with Crippen LogP contribution in [0, 0.1) is 13.8 Å². The first-order chi connectivity index (χ1) is 15.8. The largest absolute Gasteiger partial charge is 0.871 e. The van der Waals surface area contributed by atoms with Crippen LogP contribution in [0.25, 0.3) is 11.4 Å². The molecule has 3 aromatic rings. The average Bonchev–Trinajstić information content (AvgIpc) is 3.26. The van der Waals surface area contributed by atoms with Gasteiger partial charge in [-0.25, -0.2) is 4.98 Å². The molecular weight excluding hydrogens is 420 g/mol. The van der Waals surface area contributed by atoms with Gasteiger partial charge >= 0.3 is 0 Å². The van der Waals surface area contributed by atoms with Crippen LogP contribution in [0.3, 0.4) is 0 Å². The summed E-state index contributed by atoms with van der Waals surface area (Å²) in [5, 5.41) is 13.9. The Bertz CT molecular complexity index is 1270. The number of quaternary nitrogens is 1. The molecule has 1 aliphatic rings. The van der Waals surface area contributed by atoms with Gasteiger partial charge in [-0.3, -0.25) is 9.59 Å². The van der Waals surface area contributed by atoms with Crippen LogP contribution >= 0.6 is 0 Å². The van der Waals surface area contributed by atoms with E-state index in [1.54, 1.807) is 29.7 Å². The number of methoxy groups -OCH3 is 1. The second kappa shape index (κ2) is 8.71. The third-order valence-electron chi connectivity index (χ3n) is 6.05. The highest BCUT2D eigenvalue weighted by atomic mass is 16.5. The van der Waals surface area contributed by atoms with Gasteiger partial charge in [-0.2, -0.15) is 0 Å². The van der Waals surface area contributed by atoms with Gasteiger partial charge in [0, 0.05) is 17.3 Å². The summed E-state index contributed by atoms with van der Waals surface area (Å²) in [7, 11) is 5.48. The number of nitrogens with one attached hydrogen (secondary N) is 1. The number of aryl methyl sites for hydroxylation is 2. The first-order valence-electron chi connectivity index (χ1n) is 10.9. The molecule has 0 spiro atoms. The van der Waals surface area contributed by atoms with E-state index in [0.29, 0.717) is 41.4 Å². The summed E-state index contributed by atoms with van der Waals surface area (Å²) < 4.78 is 7.23. The molecule has 1 saturated heterocycles. The van der Waals surface area contributed by atoms with Gasteiger partial charge in [0.2, 0.25) is 5.78 Å². The fourth-order valence-corrected chi connectivity index (χ4v) is 4.38. The number of carbonyl (C=O) groups is 2. The van der Waals surface area contributed by atoms with Gasteiger partial charge in [-0.1, -0.05) is 30.0 Å². The van der Waals surface area contributed by atoms with Gasteiger partial charge in [-0.15, -0.1) is 0 Å². The molecule has 33 heavy (non-hydrogen) atoms. The molecular formula is C25H28N4O4. The molecule has 1 aliphatic heterocycles. The number of para-hydroxylation sites is 1. The molecule has 0 radical (unpaired) electrons. The molecule has 1 N–H and O–H groups in total. The first kappa shape index (κ1) is 22.5. The van der Waals surface area contributed by atoms with Crippen molar-refractivity contribution in [2.24, 2.45) is 0 Å². The SMILES string of the molecule is COc1ccccc1C1C(=C([O-])c2c(C)nc3c(C)cccn23)C(=O)C(=O)N1CC[NH+](C)C. The summed E-state index contributed by atoms with van der Waals surface area (Å²) in [6.07, 6.45) is 1.75. The zero-order valence-electron chi connectivity index (χ0n) is 19.5. The lowest BCUT2D eigenvalue weighted by molar-refractivity contribution is -0.857. The van der Waals surface area contributed by atoms with Crippen LogP contribution in [0.5, 0.6) is 5.75 Å². The number of likely N-dealkylation sites (tertiary alicyclic amines) is 1. The Labute approximate surface area is 192 Å². The fourth-order valence-electron chi connectivity index (χ4n) is 4.38. The van der Waals surface area contributed by atoms with Crippen molar-refractivity contribution in [1.29, 1.82) is 0 Å². The molecule has 1 aromatic carbocycles. The smallest absolute Gasteiger partial charge is 0.295 e. The Balaban J connectivity index is 1.98. The van der Waals surface area contributed by atoms with Gasteiger partial charge in [0.1, 0.15) is 11.4 Å². The van der Waals surface area contributed by atoms with Crippen molar-refractivity contribution < 1.29 is 24.3 Å². The molecule has 1 fully saturated rings. The van der Waals surface area contributed by atoms with Crippen LogP contribution in [0.1, 0.15) is 28.6 Å². The number of nitrogens with zero attached hydrogens (tertiary/aromatic N) is 3. The summed E-state index contributed by atoms with van der Waals surface area (Å²) in [6, 6.07) is 10.1. The number of hydrogen-bond acceptors (Lipinski definition) is 5. The molecule has 0 bridgehead atoms. The van der Waals surface area contributed by atoms with Gasteiger partial charge in [-0.05, 0) is 31.5 Å². The Morgan fingerprint density at radius 2 is 1.88 bits per heavy atom. The van der Waals surface area contributed by atoms with E-state index in [9.17, 15) is 14.7 Å². The number of imidazole rings is 1. The van der Waals surface area contributed by atoms with Crippen LogP contribution in [-0.4, -0.2) is 60.3 Å². The zero-order valence-corrected chi connectivity index (χ0v) is 19.5. The number of ketones is 1. The second-order valence-corrected chi connectivity index (χ2v) is 8.60. The van der Waals surface area contributed by atoms with E-state index in [2.05, 4.69) is 4.98 Å². The number of ether oxygens (including phenoxy) is 1. The number of amides is 1. The van der Waals surface area contributed by atoms with Crippen molar-refractivity contribution in [2.45, 2.75) is 19.9 Å². The molecule has 8 heteroatoms. The van der Waals surface area contributed by atoms with Crippen LogP contribution in [0.2, 0.25) is 0 Å². The molecule has 0 aliphatic carbocycles. The highest BCUT2D eigenvalue weighted by Gasteiger charge is 2.45. The third-order valence-corrected chi connectivity index (χ3v) is 6.05. The minimum atomic E-state index is -0.831. The molecule has 0 saturated carbocycles. The quantitative estimate of drug-likeness (QED) is 0.333. The molecule has 4 rings (SSSR count). The Morgan fingerprint density at radius 3 is 2.58 bits per heavy atom. The van der Waals surface area contributed by atoms with E-state index in [0.717, 1.165) is 10.5 Å². The number of Topliss-reactive ketones (excluding diaryl/α,β-unsaturated/α-hetero) is 1. The maximum atomic E-state index is 13.9. The number of aromatic nitrogens is 2. The van der Waals surface area contributed by atoms with E-state index in [-0.39, 0.29) is 5.57 Å². The van der Waals surface area contributed by atoms with Crippen LogP contribution < -0.4 is 14.7 Å². The lowest BCUT2D eigenvalue weighted by atomic mass is 9.95. The predicted octanol–water partition coefficient (Wildman–Crippen LogP) is 0.328. The Kier molecular flexibility index (Phi) is 5.95. The van der Waals surface area contributed by atoms with Gasteiger partial charge < -0.3 is 24.0 Å². The molecule has 2 aromatic heterocycles. The zero-order chi connectivity index (χ0) is 23.9. The van der Waals surface area contributed by atoms with Crippen molar-refractivity contribution in [1.82, 2.24) is 14.3 Å². The molecule has 172 valence electrons. The average molecular weight is 449 g/mol. The van der Waals surface area contributed by atoms with E-state index in [1.165, 1.54) is 12.0 Å². The van der Waals surface area contributed by atoms with Crippen molar-refractivity contribution in [3.63, 3.8) is 0 Å². The van der Waals surface area contributed by atoms with Crippen molar-refractivity contribution in [3.8, 4) is 5.75 Å². The summed E-state index contributed by atoms with van der Waals surface area (Å²) in [5.41, 5.74) is 2.92.